The van der Waals surface area contributed by atoms with Crippen LogP contribution >= 0.6 is 0 Å². The smallest absolute Gasteiger partial charge is 0.248 e. The van der Waals surface area contributed by atoms with Crippen LogP contribution in [-0.4, -0.2) is 16.1 Å². The fourth-order valence-electron chi connectivity index (χ4n) is 3.38. The van der Waals surface area contributed by atoms with E-state index in [2.05, 4.69) is 46.6 Å². The second-order valence-electron chi connectivity index (χ2n) is 6.59. The number of rotatable bonds is 5. The van der Waals surface area contributed by atoms with E-state index >= 15 is 0 Å². The van der Waals surface area contributed by atoms with E-state index in [-0.39, 0.29) is 5.91 Å². The largest absolute Gasteiger partial charge is 0.382 e. The lowest BCUT2D eigenvalue weighted by Gasteiger charge is -2.08. The van der Waals surface area contributed by atoms with Gasteiger partial charge in [0.1, 0.15) is 0 Å². The number of anilines is 1. The van der Waals surface area contributed by atoms with Crippen LogP contribution in [0.5, 0.6) is 0 Å². The van der Waals surface area contributed by atoms with Gasteiger partial charge in [-0.1, -0.05) is 48.5 Å². The van der Waals surface area contributed by atoms with Gasteiger partial charge in [-0.15, -0.1) is 0 Å². The number of carbonyl (C=O) groups is 1. The lowest BCUT2D eigenvalue weighted by molar-refractivity contribution is 0.0999. The number of aromatic amines is 1. The number of nitrogens with two attached hydrogens (primary N) is 2. The van der Waals surface area contributed by atoms with Crippen LogP contribution in [0.1, 0.15) is 21.5 Å². The van der Waals surface area contributed by atoms with Crippen molar-refractivity contribution in [2.75, 3.05) is 5.73 Å². The summed E-state index contributed by atoms with van der Waals surface area (Å²) in [5, 5.41) is 7.93. The number of primary amides is 1. The van der Waals surface area contributed by atoms with E-state index < -0.39 is 0 Å². The van der Waals surface area contributed by atoms with E-state index in [1.54, 1.807) is 6.07 Å². The molecule has 0 unspecified atom stereocenters. The van der Waals surface area contributed by atoms with Crippen molar-refractivity contribution in [1.82, 2.24) is 10.2 Å². The summed E-state index contributed by atoms with van der Waals surface area (Å²) in [5.41, 5.74) is 17.2. The van der Waals surface area contributed by atoms with Crippen molar-refractivity contribution in [3.8, 4) is 11.1 Å². The molecule has 0 spiro atoms. The molecule has 0 aliphatic carbocycles. The van der Waals surface area contributed by atoms with Crippen molar-refractivity contribution in [3.05, 3.63) is 83.4 Å². The van der Waals surface area contributed by atoms with Crippen LogP contribution in [0, 0.1) is 0 Å². The summed E-state index contributed by atoms with van der Waals surface area (Å²) >= 11 is 0. The maximum absolute atomic E-state index is 11.6. The highest BCUT2D eigenvalue weighted by atomic mass is 16.1. The Hall–Kier alpha value is -3.60. The lowest BCUT2D eigenvalue weighted by atomic mass is 9.97. The molecule has 5 nitrogen and oxygen atoms in total. The molecule has 5 N–H and O–H groups in total. The van der Waals surface area contributed by atoms with Gasteiger partial charge in [0.15, 0.2) is 5.82 Å². The molecule has 134 valence electrons. The Bertz CT molecular complexity index is 1130. The van der Waals surface area contributed by atoms with Crippen molar-refractivity contribution < 1.29 is 4.79 Å². The van der Waals surface area contributed by atoms with Gasteiger partial charge in [0.2, 0.25) is 5.91 Å². The van der Waals surface area contributed by atoms with Gasteiger partial charge in [-0.05, 0) is 53.3 Å². The minimum atomic E-state index is -0.383. The molecule has 1 heterocycles. The highest BCUT2D eigenvalue weighted by molar-refractivity contribution is 5.94. The first-order chi connectivity index (χ1) is 13.1. The third kappa shape index (κ3) is 3.40. The average Bonchev–Trinajstić information content (AvgIpc) is 3.07. The second kappa shape index (κ2) is 6.96. The number of hydrogen-bond acceptors (Lipinski definition) is 3. The summed E-state index contributed by atoms with van der Waals surface area (Å²) in [4.78, 5) is 11.6. The summed E-state index contributed by atoms with van der Waals surface area (Å²) in [6, 6.07) is 22.0. The first kappa shape index (κ1) is 16.8. The number of aromatic nitrogens is 2. The van der Waals surface area contributed by atoms with Gasteiger partial charge in [0, 0.05) is 10.9 Å². The first-order valence-electron chi connectivity index (χ1n) is 8.82. The summed E-state index contributed by atoms with van der Waals surface area (Å²) < 4.78 is 0. The number of H-pyrrole nitrogens is 1. The Balaban J connectivity index is 1.58. The second-order valence-corrected chi connectivity index (χ2v) is 6.59. The van der Waals surface area contributed by atoms with Crippen molar-refractivity contribution in [2.45, 2.75) is 12.8 Å². The predicted molar refractivity (Wildman–Crippen MR) is 108 cm³/mol. The fraction of sp³-hybridized carbons (Fsp3) is 0.0909. The third-order valence-electron chi connectivity index (χ3n) is 4.82. The summed E-state index contributed by atoms with van der Waals surface area (Å²) in [6.07, 6.45) is 1.59. The van der Waals surface area contributed by atoms with Gasteiger partial charge >= 0.3 is 0 Å². The molecule has 0 saturated heterocycles. The Morgan fingerprint density at radius 3 is 2.59 bits per heavy atom. The highest BCUT2D eigenvalue weighted by Gasteiger charge is 2.08. The number of hydrogen-bond donors (Lipinski definition) is 3. The first-order valence-corrected chi connectivity index (χ1v) is 8.82. The number of benzene rings is 3. The van der Waals surface area contributed by atoms with E-state index in [1.807, 2.05) is 24.3 Å². The molecule has 27 heavy (non-hydrogen) atoms. The standard InChI is InChI=1S/C22H20N4O/c23-21-19-11-10-17(13-20(19)25-26-21)16-6-3-4-14(12-16)8-9-15-5-1-2-7-18(15)22(24)27/h1-7,10-13H,8-9H2,(H2,24,27)(H3,23,25,26). The van der Waals surface area contributed by atoms with Gasteiger partial charge in [-0.3, -0.25) is 9.89 Å². The molecule has 1 aromatic heterocycles. The van der Waals surface area contributed by atoms with Gasteiger partial charge in [0.05, 0.1) is 5.52 Å². The summed E-state index contributed by atoms with van der Waals surface area (Å²) in [5.74, 6) is 0.130. The van der Waals surface area contributed by atoms with Gasteiger partial charge in [-0.2, -0.15) is 5.10 Å². The van der Waals surface area contributed by atoms with Crippen LogP contribution in [0.4, 0.5) is 5.82 Å². The molecule has 4 aromatic rings. The predicted octanol–water partition coefficient (Wildman–Crippen LogP) is 3.70. The zero-order valence-corrected chi connectivity index (χ0v) is 14.8. The van der Waals surface area contributed by atoms with Crippen LogP contribution in [-0.2, 0) is 12.8 Å². The number of fused-ring (bicyclic) bond motifs is 1. The van der Waals surface area contributed by atoms with Crippen molar-refractivity contribution in [1.29, 1.82) is 0 Å². The molecule has 5 heteroatoms. The molecule has 3 aromatic carbocycles. The fourth-order valence-corrected chi connectivity index (χ4v) is 3.38. The van der Waals surface area contributed by atoms with Crippen LogP contribution in [0.15, 0.2) is 66.7 Å². The van der Waals surface area contributed by atoms with Crippen LogP contribution in [0.3, 0.4) is 0 Å². The maximum atomic E-state index is 11.6. The van der Waals surface area contributed by atoms with E-state index in [0.29, 0.717) is 11.4 Å². The van der Waals surface area contributed by atoms with Gasteiger partial charge in [-0.25, -0.2) is 0 Å². The number of nitrogens with zero attached hydrogens (tertiary/aromatic N) is 1. The Morgan fingerprint density at radius 2 is 1.74 bits per heavy atom. The van der Waals surface area contributed by atoms with Crippen molar-refractivity contribution in [2.24, 2.45) is 5.73 Å². The normalized spacial score (nSPS) is 11.0. The van der Waals surface area contributed by atoms with Crippen molar-refractivity contribution in [3.63, 3.8) is 0 Å². The molecule has 1 amide bonds. The molecule has 0 radical (unpaired) electrons. The average molecular weight is 356 g/mol. The topological polar surface area (TPSA) is 97.8 Å². The molecular formula is C22H20N4O. The molecule has 4 rings (SSSR count). The molecule has 0 aliphatic rings. The molecule has 0 fully saturated rings. The summed E-state index contributed by atoms with van der Waals surface area (Å²) in [7, 11) is 0. The Labute approximate surface area is 157 Å². The Morgan fingerprint density at radius 1 is 0.926 bits per heavy atom. The SMILES string of the molecule is NC(=O)c1ccccc1CCc1cccc(-c2ccc3c(N)n[nH]c3c2)c1. The highest BCUT2D eigenvalue weighted by Crippen LogP contribution is 2.26. The van der Waals surface area contributed by atoms with Gasteiger partial charge < -0.3 is 11.5 Å². The summed E-state index contributed by atoms with van der Waals surface area (Å²) in [6.45, 7) is 0. The maximum Gasteiger partial charge on any atom is 0.248 e. The molecule has 0 saturated carbocycles. The molecule has 0 aliphatic heterocycles. The van der Waals surface area contributed by atoms with E-state index in [0.717, 1.165) is 40.4 Å². The quantitative estimate of drug-likeness (QED) is 0.508. The monoisotopic (exact) mass is 356 g/mol. The van der Waals surface area contributed by atoms with E-state index in [4.69, 9.17) is 11.5 Å². The van der Waals surface area contributed by atoms with Crippen LogP contribution < -0.4 is 11.5 Å². The molecule has 0 atom stereocenters. The number of nitrogen functional groups attached to an aromatic ring is 1. The van der Waals surface area contributed by atoms with Crippen LogP contribution in [0.25, 0.3) is 22.0 Å². The number of aryl methyl sites for hydroxylation is 2. The van der Waals surface area contributed by atoms with E-state index in [9.17, 15) is 4.79 Å². The zero-order chi connectivity index (χ0) is 18.8. The minimum Gasteiger partial charge on any atom is -0.382 e. The lowest BCUT2D eigenvalue weighted by Crippen LogP contribution is -2.13. The van der Waals surface area contributed by atoms with Crippen molar-refractivity contribution >= 4 is 22.6 Å². The zero-order valence-electron chi connectivity index (χ0n) is 14.8. The third-order valence-corrected chi connectivity index (χ3v) is 4.82. The molecule has 0 bridgehead atoms. The van der Waals surface area contributed by atoms with Gasteiger partial charge in [0.25, 0.3) is 0 Å². The minimum absolute atomic E-state index is 0.383. The molecular weight excluding hydrogens is 336 g/mol. The number of carbonyl (C=O) groups excluding carboxylic acids is 1. The number of nitrogens with one attached hydrogen (secondary N) is 1. The Kier molecular flexibility index (Phi) is 4.34. The number of amides is 1. The van der Waals surface area contributed by atoms with E-state index in [1.165, 1.54) is 5.56 Å². The van der Waals surface area contributed by atoms with Crippen LogP contribution in [0.2, 0.25) is 0 Å².